The lowest BCUT2D eigenvalue weighted by Gasteiger charge is -2.12. The summed E-state index contributed by atoms with van der Waals surface area (Å²) in [5.41, 5.74) is 4.52. The fourth-order valence-corrected chi connectivity index (χ4v) is 4.14. The van der Waals surface area contributed by atoms with E-state index in [9.17, 15) is 4.79 Å². The van der Waals surface area contributed by atoms with E-state index < -0.39 is 0 Å². The van der Waals surface area contributed by atoms with Crippen molar-refractivity contribution in [3.63, 3.8) is 0 Å². The molecule has 0 saturated carbocycles. The number of aromatic nitrogens is 2. The Labute approximate surface area is 197 Å². The Morgan fingerprint density at radius 1 is 1.03 bits per heavy atom. The molecule has 0 saturated heterocycles. The van der Waals surface area contributed by atoms with Crippen molar-refractivity contribution in [2.45, 2.75) is 27.2 Å². The van der Waals surface area contributed by atoms with Crippen LogP contribution in [0.3, 0.4) is 0 Å². The van der Waals surface area contributed by atoms with E-state index in [4.69, 9.17) is 9.47 Å². The van der Waals surface area contributed by atoms with Gasteiger partial charge in [-0.15, -0.1) is 11.3 Å². The molecule has 1 N–H and O–H groups in total. The van der Waals surface area contributed by atoms with Crippen LogP contribution in [-0.4, -0.2) is 22.5 Å². The summed E-state index contributed by atoms with van der Waals surface area (Å²) in [5, 5.41) is 5.39. The number of rotatable bonds is 8. The van der Waals surface area contributed by atoms with Gasteiger partial charge in [0, 0.05) is 22.6 Å². The van der Waals surface area contributed by atoms with Gasteiger partial charge in [0.25, 0.3) is 5.91 Å². The second-order valence-electron chi connectivity index (χ2n) is 7.57. The predicted octanol–water partition coefficient (Wildman–Crippen LogP) is 6.66. The number of anilines is 1. The fraction of sp³-hybridized carbons (Fsp3) is 0.192. The van der Waals surface area contributed by atoms with Crippen LogP contribution in [0, 0.1) is 13.8 Å². The smallest absolute Gasteiger partial charge is 0.257 e. The first-order chi connectivity index (χ1) is 16.0. The molecule has 6 nitrogen and oxygen atoms in total. The summed E-state index contributed by atoms with van der Waals surface area (Å²) >= 11 is 1.40. The zero-order valence-electron chi connectivity index (χ0n) is 18.8. The van der Waals surface area contributed by atoms with Gasteiger partial charge in [-0.1, -0.05) is 25.1 Å². The largest absolute Gasteiger partial charge is 0.478 e. The maximum atomic E-state index is 12.4. The van der Waals surface area contributed by atoms with Crippen molar-refractivity contribution in [1.29, 1.82) is 0 Å². The van der Waals surface area contributed by atoms with E-state index in [1.54, 1.807) is 24.4 Å². The predicted molar refractivity (Wildman–Crippen MR) is 132 cm³/mol. The number of pyridine rings is 1. The average Bonchev–Trinajstić information content (AvgIpc) is 3.26. The Balaban J connectivity index is 1.48. The van der Waals surface area contributed by atoms with Crippen LogP contribution in [0.15, 0.2) is 66.2 Å². The van der Waals surface area contributed by atoms with Crippen molar-refractivity contribution in [3.05, 3.63) is 82.9 Å². The Kier molecular flexibility index (Phi) is 7.00. The second kappa shape index (κ2) is 10.3. The molecule has 4 aromatic rings. The van der Waals surface area contributed by atoms with Crippen LogP contribution in [0.2, 0.25) is 0 Å². The molecule has 0 aliphatic heterocycles. The highest BCUT2D eigenvalue weighted by atomic mass is 32.1. The monoisotopic (exact) mass is 459 g/mol. The van der Waals surface area contributed by atoms with E-state index in [1.165, 1.54) is 11.3 Å². The minimum Gasteiger partial charge on any atom is -0.478 e. The first kappa shape index (κ1) is 22.5. The highest BCUT2D eigenvalue weighted by Gasteiger charge is 2.14. The number of aryl methyl sites for hydroxylation is 2. The Morgan fingerprint density at radius 2 is 1.79 bits per heavy atom. The van der Waals surface area contributed by atoms with Crippen LogP contribution in [0.25, 0.3) is 11.3 Å². The number of thiazole rings is 1. The van der Waals surface area contributed by atoms with Crippen molar-refractivity contribution in [1.82, 2.24) is 9.97 Å². The Morgan fingerprint density at radius 3 is 2.45 bits per heavy atom. The number of amides is 1. The highest BCUT2D eigenvalue weighted by Crippen LogP contribution is 2.34. The molecule has 0 fully saturated rings. The van der Waals surface area contributed by atoms with Crippen molar-refractivity contribution in [3.8, 4) is 28.6 Å². The summed E-state index contributed by atoms with van der Waals surface area (Å²) in [4.78, 5) is 21.3. The van der Waals surface area contributed by atoms with Crippen LogP contribution in [0.1, 0.15) is 34.8 Å². The molecule has 2 aromatic heterocycles. The van der Waals surface area contributed by atoms with Gasteiger partial charge >= 0.3 is 0 Å². The number of hydrogen-bond acceptors (Lipinski definition) is 6. The fourth-order valence-electron chi connectivity index (χ4n) is 3.45. The van der Waals surface area contributed by atoms with E-state index in [2.05, 4.69) is 22.2 Å². The summed E-state index contributed by atoms with van der Waals surface area (Å²) in [6.07, 6.45) is 2.59. The summed E-state index contributed by atoms with van der Waals surface area (Å²) in [5.74, 6) is 1.79. The zero-order chi connectivity index (χ0) is 23.2. The van der Waals surface area contributed by atoms with Crippen LogP contribution in [0.5, 0.6) is 17.4 Å². The van der Waals surface area contributed by atoms with Gasteiger partial charge in [-0.2, -0.15) is 0 Å². The number of benzene rings is 2. The van der Waals surface area contributed by atoms with E-state index in [0.29, 0.717) is 28.9 Å². The number of hydrogen-bond donors (Lipinski definition) is 1. The molecule has 0 radical (unpaired) electrons. The Bertz CT molecular complexity index is 1210. The Hall–Kier alpha value is -3.71. The van der Waals surface area contributed by atoms with Crippen molar-refractivity contribution in [2.24, 2.45) is 0 Å². The molecule has 0 bridgehead atoms. The van der Waals surface area contributed by atoms with Crippen molar-refractivity contribution >= 4 is 22.4 Å². The molecule has 1 amide bonds. The first-order valence-electron chi connectivity index (χ1n) is 10.7. The topological polar surface area (TPSA) is 73.3 Å². The van der Waals surface area contributed by atoms with Gasteiger partial charge in [0.15, 0.2) is 5.13 Å². The van der Waals surface area contributed by atoms with E-state index in [0.717, 1.165) is 34.6 Å². The molecule has 0 atom stereocenters. The summed E-state index contributed by atoms with van der Waals surface area (Å²) in [6, 6.07) is 16.7. The lowest BCUT2D eigenvalue weighted by atomic mass is 10.0. The minimum atomic E-state index is -0.173. The normalized spacial score (nSPS) is 10.6. The van der Waals surface area contributed by atoms with Gasteiger partial charge < -0.3 is 9.47 Å². The van der Waals surface area contributed by atoms with Crippen molar-refractivity contribution in [2.75, 3.05) is 11.9 Å². The molecule has 7 heteroatoms. The minimum absolute atomic E-state index is 0.173. The molecule has 168 valence electrons. The third-order valence-corrected chi connectivity index (χ3v) is 5.68. The molecule has 0 unspecified atom stereocenters. The third kappa shape index (κ3) is 5.56. The molecule has 33 heavy (non-hydrogen) atoms. The standard InChI is InChI=1S/C26H25N3O3S/c1-4-12-31-23-11-10-20(15-27-23)32-21-13-17(2)24(18(3)14-21)22-16-33-26(28-22)29-25(30)19-8-6-5-7-9-19/h5-11,13-16H,4,12H2,1-3H3,(H,28,29,30). The van der Waals surface area contributed by atoms with E-state index in [1.807, 2.05) is 55.6 Å². The molecular formula is C26H25N3O3S. The summed E-state index contributed by atoms with van der Waals surface area (Å²) in [7, 11) is 0. The quantitative estimate of drug-likeness (QED) is 0.319. The molecule has 0 aliphatic rings. The van der Waals surface area contributed by atoms with Crippen LogP contribution >= 0.6 is 11.3 Å². The van der Waals surface area contributed by atoms with Crippen molar-refractivity contribution < 1.29 is 14.3 Å². The summed E-state index contributed by atoms with van der Waals surface area (Å²) in [6.45, 7) is 6.74. The number of nitrogens with zero attached hydrogens (tertiary/aromatic N) is 2. The molecule has 2 aromatic carbocycles. The van der Waals surface area contributed by atoms with Crippen LogP contribution in [0.4, 0.5) is 5.13 Å². The number of ether oxygens (including phenoxy) is 2. The average molecular weight is 460 g/mol. The van der Waals surface area contributed by atoms with Gasteiger partial charge in [-0.05, 0) is 61.7 Å². The van der Waals surface area contributed by atoms with Crippen LogP contribution < -0.4 is 14.8 Å². The number of nitrogens with one attached hydrogen (secondary N) is 1. The first-order valence-corrected chi connectivity index (χ1v) is 11.6. The lowest BCUT2D eigenvalue weighted by molar-refractivity contribution is 0.102. The van der Waals surface area contributed by atoms with E-state index >= 15 is 0 Å². The molecule has 0 aliphatic carbocycles. The van der Waals surface area contributed by atoms with E-state index in [-0.39, 0.29) is 5.91 Å². The second-order valence-corrected chi connectivity index (χ2v) is 8.43. The highest BCUT2D eigenvalue weighted by molar-refractivity contribution is 7.14. The molecule has 2 heterocycles. The maximum Gasteiger partial charge on any atom is 0.257 e. The van der Waals surface area contributed by atoms with Gasteiger partial charge in [-0.25, -0.2) is 9.97 Å². The molecule has 0 spiro atoms. The lowest BCUT2D eigenvalue weighted by Crippen LogP contribution is -2.11. The SMILES string of the molecule is CCCOc1ccc(Oc2cc(C)c(-c3csc(NC(=O)c4ccccc4)n3)c(C)c2)cn1. The zero-order valence-corrected chi connectivity index (χ0v) is 19.6. The maximum absolute atomic E-state index is 12.4. The molecule has 4 rings (SSSR count). The third-order valence-electron chi connectivity index (χ3n) is 4.92. The number of carbonyl (C=O) groups is 1. The van der Waals surface area contributed by atoms with Gasteiger partial charge in [-0.3, -0.25) is 10.1 Å². The van der Waals surface area contributed by atoms with Crippen LogP contribution in [-0.2, 0) is 0 Å². The molecular weight excluding hydrogens is 434 g/mol. The van der Waals surface area contributed by atoms with Gasteiger partial charge in [0.1, 0.15) is 11.5 Å². The number of carbonyl (C=O) groups excluding carboxylic acids is 1. The van der Waals surface area contributed by atoms with Gasteiger partial charge in [0.2, 0.25) is 5.88 Å². The van der Waals surface area contributed by atoms with Gasteiger partial charge in [0.05, 0.1) is 18.5 Å². The summed E-state index contributed by atoms with van der Waals surface area (Å²) < 4.78 is 11.5.